The molecule has 1 N–H and O–H groups in total. The summed E-state index contributed by atoms with van der Waals surface area (Å²) in [7, 11) is -1.80. The van der Waals surface area contributed by atoms with Crippen molar-refractivity contribution in [3.63, 3.8) is 0 Å². The van der Waals surface area contributed by atoms with Gasteiger partial charge >= 0.3 is 0 Å². The molecule has 0 aromatic carbocycles. The van der Waals surface area contributed by atoms with Crippen molar-refractivity contribution in [2.45, 2.75) is 84.0 Å². The van der Waals surface area contributed by atoms with Crippen molar-refractivity contribution in [1.29, 1.82) is 0 Å². The van der Waals surface area contributed by atoms with Gasteiger partial charge in [0.05, 0.1) is 16.1 Å². The summed E-state index contributed by atoms with van der Waals surface area (Å²) in [5.74, 6) is 0. The van der Waals surface area contributed by atoms with Crippen LogP contribution in [0.3, 0.4) is 0 Å². The van der Waals surface area contributed by atoms with Crippen molar-refractivity contribution in [3.05, 3.63) is 28.0 Å². The Bertz CT molecular complexity index is 644. The molecule has 158 valence electrons. The fourth-order valence-electron chi connectivity index (χ4n) is 5.58. The van der Waals surface area contributed by atoms with Crippen LogP contribution in [0.25, 0.3) is 0 Å². The highest BCUT2D eigenvalue weighted by atomic mass is 35.5. The van der Waals surface area contributed by atoms with Crippen LogP contribution in [0.4, 0.5) is 0 Å². The standard InChI is InChI=1S/C22H36Cl2N2OSi/c1-5-28(6-2,7-3)27-19(20-17(23)12-25-13-18(20)24)14-26-16-22-10-8-21(4,15-22)9-11-22/h12-13,19,26H,5-11,14-16H2,1-4H3. The van der Waals surface area contributed by atoms with E-state index in [9.17, 15) is 0 Å². The van der Waals surface area contributed by atoms with Gasteiger partial charge in [-0.25, -0.2) is 0 Å². The minimum atomic E-state index is -1.80. The summed E-state index contributed by atoms with van der Waals surface area (Å²) in [4.78, 5) is 4.14. The van der Waals surface area contributed by atoms with Crippen LogP contribution in [0, 0.1) is 10.8 Å². The van der Waals surface area contributed by atoms with Gasteiger partial charge < -0.3 is 9.74 Å². The molecule has 3 nitrogen and oxygen atoms in total. The van der Waals surface area contributed by atoms with Gasteiger partial charge in [0.15, 0.2) is 8.32 Å². The smallest absolute Gasteiger partial charge is 0.192 e. The molecule has 0 radical (unpaired) electrons. The van der Waals surface area contributed by atoms with Gasteiger partial charge in [0.2, 0.25) is 0 Å². The predicted octanol–water partition coefficient (Wildman–Crippen LogP) is 7.01. The lowest BCUT2D eigenvalue weighted by Crippen LogP contribution is -2.41. The summed E-state index contributed by atoms with van der Waals surface area (Å²) in [5.41, 5.74) is 1.97. The summed E-state index contributed by atoms with van der Waals surface area (Å²) in [6, 6.07) is 3.33. The maximum atomic E-state index is 6.87. The first-order chi connectivity index (χ1) is 13.3. The molecule has 2 bridgehead atoms. The van der Waals surface area contributed by atoms with Crippen LogP contribution in [0.1, 0.15) is 71.5 Å². The highest BCUT2D eigenvalue weighted by Gasteiger charge is 2.51. The Morgan fingerprint density at radius 1 is 1.07 bits per heavy atom. The van der Waals surface area contributed by atoms with E-state index in [1.165, 1.54) is 32.1 Å². The summed E-state index contributed by atoms with van der Waals surface area (Å²) in [5, 5.41) is 4.99. The molecular formula is C22H36Cl2N2OSi. The number of fused-ring (bicyclic) bond motifs is 2. The molecule has 2 aliphatic carbocycles. The average Bonchev–Trinajstić information content (AvgIpc) is 3.19. The van der Waals surface area contributed by atoms with E-state index in [0.717, 1.165) is 36.8 Å². The van der Waals surface area contributed by atoms with E-state index in [2.05, 4.69) is 38.0 Å². The van der Waals surface area contributed by atoms with E-state index in [-0.39, 0.29) is 6.10 Å². The van der Waals surface area contributed by atoms with Crippen LogP contribution in [-0.4, -0.2) is 26.4 Å². The third-order valence-electron chi connectivity index (χ3n) is 7.69. The molecule has 2 saturated carbocycles. The number of pyridine rings is 1. The minimum absolute atomic E-state index is 0.111. The highest BCUT2D eigenvalue weighted by molar-refractivity contribution is 6.73. The van der Waals surface area contributed by atoms with Crippen molar-refractivity contribution in [1.82, 2.24) is 10.3 Å². The number of aromatic nitrogens is 1. The number of halogens is 2. The Hall–Kier alpha value is -0.133. The Balaban J connectivity index is 1.75. The molecule has 0 amide bonds. The molecule has 1 aromatic heterocycles. The topological polar surface area (TPSA) is 34.1 Å². The molecule has 0 saturated heterocycles. The van der Waals surface area contributed by atoms with Crippen molar-refractivity contribution in [2.75, 3.05) is 13.1 Å². The average molecular weight is 444 g/mol. The van der Waals surface area contributed by atoms with Crippen molar-refractivity contribution in [3.8, 4) is 0 Å². The minimum Gasteiger partial charge on any atom is -0.409 e. The lowest BCUT2D eigenvalue weighted by Gasteiger charge is -2.35. The Morgan fingerprint density at radius 3 is 2.11 bits per heavy atom. The van der Waals surface area contributed by atoms with Gasteiger partial charge in [-0.15, -0.1) is 0 Å². The van der Waals surface area contributed by atoms with Crippen LogP contribution >= 0.6 is 23.2 Å². The van der Waals surface area contributed by atoms with Gasteiger partial charge in [-0.05, 0) is 61.1 Å². The predicted molar refractivity (Wildman–Crippen MR) is 122 cm³/mol. The Morgan fingerprint density at radius 2 is 1.64 bits per heavy atom. The van der Waals surface area contributed by atoms with Gasteiger partial charge in [-0.2, -0.15) is 0 Å². The SMILES string of the molecule is CC[Si](CC)(CC)OC(CNCC12CCC(C)(CC1)C2)c1c(Cl)cncc1Cl. The normalized spacial score (nSPS) is 28.1. The van der Waals surface area contributed by atoms with Crippen LogP contribution in [-0.2, 0) is 4.43 Å². The molecule has 1 heterocycles. The van der Waals surface area contributed by atoms with E-state index in [0.29, 0.717) is 20.9 Å². The summed E-state index contributed by atoms with van der Waals surface area (Å²) in [6.45, 7) is 11.1. The fraction of sp³-hybridized carbons (Fsp3) is 0.773. The Labute approximate surface area is 182 Å². The molecule has 1 aromatic rings. The first-order valence-corrected chi connectivity index (χ1v) is 14.3. The molecular weight excluding hydrogens is 407 g/mol. The number of rotatable bonds is 10. The second kappa shape index (κ2) is 8.93. The largest absolute Gasteiger partial charge is 0.409 e. The second-order valence-electron chi connectivity index (χ2n) is 9.49. The second-order valence-corrected chi connectivity index (χ2v) is 15.0. The van der Waals surface area contributed by atoms with E-state index in [1.807, 2.05) is 0 Å². The zero-order valence-electron chi connectivity index (χ0n) is 17.9. The first-order valence-electron chi connectivity index (χ1n) is 11.0. The number of hydrogen-bond acceptors (Lipinski definition) is 3. The summed E-state index contributed by atoms with van der Waals surface area (Å²) < 4.78 is 6.87. The Kier molecular flexibility index (Phi) is 7.19. The quantitative estimate of drug-likeness (QED) is 0.395. The van der Waals surface area contributed by atoms with Crippen LogP contribution in [0.2, 0.25) is 28.2 Å². The molecule has 28 heavy (non-hydrogen) atoms. The van der Waals surface area contributed by atoms with Crippen LogP contribution in [0.15, 0.2) is 12.4 Å². The number of nitrogens with zero attached hydrogens (tertiary/aromatic N) is 1. The molecule has 1 atom stereocenters. The molecule has 0 spiro atoms. The third-order valence-corrected chi connectivity index (χ3v) is 12.9. The van der Waals surface area contributed by atoms with E-state index >= 15 is 0 Å². The molecule has 2 aliphatic rings. The van der Waals surface area contributed by atoms with Gasteiger partial charge in [0.1, 0.15) is 0 Å². The maximum Gasteiger partial charge on any atom is 0.192 e. The van der Waals surface area contributed by atoms with Gasteiger partial charge in [0, 0.05) is 31.0 Å². The monoisotopic (exact) mass is 442 g/mol. The summed E-state index contributed by atoms with van der Waals surface area (Å²) in [6.07, 6.45) is 10.1. The van der Waals surface area contributed by atoms with Crippen molar-refractivity contribution < 1.29 is 4.43 Å². The molecule has 6 heteroatoms. The van der Waals surface area contributed by atoms with E-state index in [1.54, 1.807) is 12.4 Å². The third kappa shape index (κ3) is 4.62. The zero-order valence-corrected chi connectivity index (χ0v) is 20.4. The molecule has 2 fully saturated rings. The van der Waals surface area contributed by atoms with Crippen LogP contribution in [0.5, 0.6) is 0 Å². The van der Waals surface area contributed by atoms with Gasteiger partial charge in [0.25, 0.3) is 0 Å². The lowest BCUT2D eigenvalue weighted by molar-refractivity contribution is 0.175. The van der Waals surface area contributed by atoms with Gasteiger partial charge in [-0.3, -0.25) is 4.98 Å². The van der Waals surface area contributed by atoms with Crippen molar-refractivity contribution >= 4 is 31.5 Å². The number of hydrogen-bond donors (Lipinski definition) is 1. The number of nitrogens with one attached hydrogen (secondary N) is 1. The molecule has 0 aliphatic heterocycles. The fourth-order valence-corrected chi connectivity index (χ4v) is 9.00. The van der Waals surface area contributed by atoms with E-state index in [4.69, 9.17) is 27.6 Å². The molecule has 1 unspecified atom stereocenters. The highest BCUT2D eigenvalue weighted by Crippen LogP contribution is 2.60. The van der Waals surface area contributed by atoms with Crippen LogP contribution < -0.4 is 5.32 Å². The van der Waals surface area contributed by atoms with Crippen molar-refractivity contribution in [2.24, 2.45) is 10.8 Å². The summed E-state index contributed by atoms with van der Waals surface area (Å²) >= 11 is 13.1. The zero-order chi connectivity index (χ0) is 20.4. The van der Waals surface area contributed by atoms with E-state index < -0.39 is 8.32 Å². The lowest BCUT2D eigenvalue weighted by atomic mass is 9.83. The molecule has 3 rings (SSSR count). The first kappa shape index (κ1) is 22.5. The van der Waals surface area contributed by atoms with Gasteiger partial charge in [-0.1, -0.05) is 50.9 Å². The maximum absolute atomic E-state index is 6.87.